The Labute approximate surface area is 155 Å². The van der Waals surface area contributed by atoms with E-state index >= 15 is 0 Å². The molecular weight excluding hydrogens is 339 g/mol. The summed E-state index contributed by atoms with van der Waals surface area (Å²) >= 11 is 12.2. The maximum Gasteiger partial charge on any atom is 0.244 e. The molecule has 0 spiro atoms. The van der Waals surface area contributed by atoms with Crippen LogP contribution in [-0.4, -0.2) is 4.57 Å². The Morgan fingerprint density at radius 1 is 1.08 bits per heavy atom. The van der Waals surface area contributed by atoms with Crippen molar-refractivity contribution in [2.24, 2.45) is 0 Å². The van der Waals surface area contributed by atoms with Crippen molar-refractivity contribution in [3.63, 3.8) is 0 Å². The van der Waals surface area contributed by atoms with Gasteiger partial charge in [0.15, 0.2) is 0 Å². The quantitative estimate of drug-likeness (QED) is 0.283. The second kappa shape index (κ2) is 10.6. The largest absolute Gasteiger partial charge is 0.244 e. The molecule has 1 aromatic carbocycles. The first kappa shape index (κ1) is 19.1. The van der Waals surface area contributed by atoms with Gasteiger partial charge in [-0.25, -0.2) is 9.13 Å². The molecule has 0 bridgehead atoms. The van der Waals surface area contributed by atoms with Crippen molar-refractivity contribution < 1.29 is 4.57 Å². The van der Waals surface area contributed by atoms with Crippen LogP contribution in [0.25, 0.3) is 0 Å². The zero-order valence-electron chi connectivity index (χ0n) is 14.4. The van der Waals surface area contributed by atoms with Gasteiger partial charge in [0, 0.05) is 0 Å². The first-order valence-corrected chi connectivity index (χ1v) is 9.59. The van der Waals surface area contributed by atoms with Crippen LogP contribution in [0, 0.1) is 0 Å². The summed E-state index contributed by atoms with van der Waals surface area (Å²) in [5.41, 5.74) is 1.06. The average Bonchev–Trinajstić information content (AvgIpc) is 3.03. The summed E-state index contributed by atoms with van der Waals surface area (Å²) in [7, 11) is 0. The van der Waals surface area contributed by atoms with Gasteiger partial charge in [-0.2, -0.15) is 0 Å². The van der Waals surface area contributed by atoms with Crippen molar-refractivity contribution in [3.05, 3.63) is 64.7 Å². The van der Waals surface area contributed by atoms with E-state index in [4.69, 9.17) is 23.2 Å². The van der Waals surface area contributed by atoms with Gasteiger partial charge >= 0.3 is 0 Å². The molecule has 0 amide bonds. The molecule has 0 fully saturated rings. The predicted molar refractivity (Wildman–Crippen MR) is 103 cm³/mol. The monoisotopic (exact) mass is 365 g/mol. The fourth-order valence-electron chi connectivity index (χ4n) is 2.69. The van der Waals surface area contributed by atoms with Gasteiger partial charge in [-0.05, 0) is 37.0 Å². The van der Waals surface area contributed by atoms with Gasteiger partial charge in [0.2, 0.25) is 6.33 Å². The Hall–Kier alpha value is -1.25. The zero-order valence-corrected chi connectivity index (χ0v) is 15.9. The second-order valence-electron chi connectivity index (χ2n) is 6.15. The Morgan fingerprint density at radius 2 is 1.92 bits per heavy atom. The third kappa shape index (κ3) is 6.33. The minimum Gasteiger partial charge on any atom is -0.237 e. The fraction of sp³-hybridized carbons (Fsp3) is 0.450. The van der Waals surface area contributed by atoms with Gasteiger partial charge in [0.25, 0.3) is 0 Å². The molecule has 1 aromatic heterocycles. The van der Waals surface area contributed by atoms with Crippen LogP contribution in [0.2, 0.25) is 10.0 Å². The first-order valence-electron chi connectivity index (χ1n) is 8.83. The third-order valence-electron chi connectivity index (χ3n) is 4.12. The van der Waals surface area contributed by atoms with E-state index < -0.39 is 0 Å². The highest BCUT2D eigenvalue weighted by molar-refractivity contribution is 6.42. The van der Waals surface area contributed by atoms with Gasteiger partial charge in [-0.1, -0.05) is 67.6 Å². The molecule has 24 heavy (non-hydrogen) atoms. The standard InChI is InChI=1S/C20H27Cl2N2/c1-2-3-4-5-7-13-23-15-16-24(17-23)14-8-6-10-18-11-9-12-19(21)20(18)22/h6,8-9,11-12,15-17H,2-5,7,10,13-14H2,1H3/q+1. The van der Waals surface area contributed by atoms with Crippen LogP contribution in [0.1, 0.15) is 44.6 Å². The smallest absolute Gasteiger partial charge is 0.237 e. The van der Waals surface area contributed by atoms with Crippen molar-refractivity contribution in [2.45, 2.75) is 58.5 Å². The number of benzene rings is 1. The minimum atomic E-state index is 0.618. The predicted octanol–water partition coefficient (Wildman–Crippen LogP) is 5.85. The van der Waals surface area contributed by atoms with Crippen LogP contribution in [0.3, 0.4) is 0 Å². The van der Waals surface area contributed by atoms with Gasteiger partial charge < -0.3 is 0 Å². The van der Waals surface area contributed by atoms with Crippen molar-refractivity contribution in [1.82, 2.24) is 4.57 Å². The topological polar surface area (TPSA) is 8.81 Å². The Morgan fingerprint density at radius 3 is 2.75 bits per heavy atom. The number of unbranched alkanes of at least 4 members (excludes halogenated alkanes) is 4. The van der Waals surface area contributed by atoms with Crippen molar-refractivity contribution in [2.75, 3.05) is 0 Å². The van der Waals surface area contributed by atoms with Crippen LogP contribution in [0.4, 0.5) is 0 Å². The van der Waals surface area contributed by atoms with E-state index in [1.807, 2.05) is 18.2 Å². The van der Waals surface area contributed by atoms with E-state index in [9.17, 15) is 0 Å². The van der Waals surface area contributed by atoms with Crippen LogP contribution in [0.5, 0.6) is 0 Å². The summed E-state index contributed by atoms with van der Waals surface area (Å²) in [6, 6.07) is 5.77. The molecule has 0 N–H and O–H groups in total. The van der Waals surface area contributed by atoms with E-state index in [0.717, 1.165) is 25.1 Å². The SMILES string of the molecule is CCCCCCCn1cc[n+](CC=CCc2cccc(Cl)c2Cl)c1. The van der Waals surface area contributed by atoms with Gasteiger partial charge in [0.05, 0.1) is 16.6 Å². The number of imidazole rings is 1. The van der Waals surface area contributed by atoms with E-state index in [1.165, 1.54) is 32.1 Å². The molecule has 1 heterocycles. The van der Waals surface area contributed by atoms with Crippen LogP contribution < -0.4 is 4.57 Å². The summed E-state index contributed by atoms with van der Waals surface area (Å²) in [5, 5.41) is 1.28. The Bertz CT molecular complexity index is 647. The lowest BCUT2D eigenvalue weighted by Gasteiger charge is -2.01. The van der Waals surface area contributed by atoms with Gasteiger partial charge in [-0.15, -0.1) is 0 Å². The zero-order chi connectivity index (χ0) is 17.2. The number of allylic oxidation sites excluding steroid dienone is 2. The number of halogens is 2. The Kier molecular flexibility index (Phi) is 8.41. The molecule has 0 aliphatic rings. The second-order valence-corrected chi connectivity index (χ2v) is 6.94. The first-order chi connectivity index (χ1) is 11.7. The Balaban J connectivity index is 1.73. The van der Waals surface area contributed by atoms with E-state index in [2.05, 4.69) is 46.9 Å². The normalized spacial score (nSPS) is 11.5. The molecule has 0 aliphatic heterocycles. The van der Waals surface area contributed by atoms with Gasteiger partial charge in [-0.3, -0.25) is 0 Å². The summed E-state index contributed by atoms with van der Waals surface area (Å²) < 4.78 is 4.47. The van der Waals surface area contributed by atoms with Crippen LogP contribution >= 0.6 is 23.2 Å². The average molecular weight is 366 g/mol. The highest BCUT2D eigenvalue weighted by Gasteiger charge is 2.03. The molecule has 0 radical (unpaired) electrons. The molecule has 2 aromatic rings. The van der Waals surface area contributed by atoms with Gasteiger partial charge in [0.1, 0.15) is 18.9 Å². The van der Waals surface area contributed by atoms with E-state index in [1.54, 1.807) is 0 Å². The van der Waals surface area contributed by atoms with E-state index in [-0.39, 0.29) is 0 Å². The van der Waals surface area contributed by atoms with Crippen LogP contribution in [0.15, 0.2) is 49.1 Å². The molecule has 2 rings (SSSR count). The summed E-state index contributed by atoms with van der Waals surface area (Å²) in [5.74, 6) is 0. The lowest BCUT2D eigenvalue weighted by molar-refractivity contribution is -0.686. The molecule has 4 heteroatoms. The van der Waals surface area contributed by atoms with Crippen molar-refractivity contribution in [3.8, 4) is 0 Å². The molecule has 0 atom stereocenters. The lowest BCUT2D eigenvalue weighted by Crippen LogP contribution is -2.29. The fourth-order valence-corrected chi connectivity index (χ4v) is 3.09. The number of aryl methyl sites for hydroxylation is 1. The number of hydrogen-bond acceptors (Lipinski definition) is 0. The molecule has 0 aliphatic carbocycles. The van der Waals surface area contributed by atoms with Crippen LogP contribution in [-0.2, 0) is 19.5 Å². The third-order valence-corrected chi connectivity index (χ3v) is 4.98. The number of aromatic nitrogens is 2. The molecule has 0 saturated heterocycles. The molecular formula is C20H27Cl2N2+. The number of nitrogens with zero attached hydrogens (tertiary/aromatic N) is 2. The lowest BCUT2D eigenvalue weighted by atomic mass is 10.1. The molecule has 0 unspecified atom stereocenters. The maximum absolute atomic E-state index is 6.20. The number of rotatable bonds is 10. The van der Waals surface area contributed by atoms with Crippen molar-refractivity contribution in [1.29, 1.82) is 0 Å². The summed E-state index contributed by atoms with van der Waals surface area (Å²) in [6.45, 7) is 4.24. The van der Waals surface area contributed by atoms with E-state index in [0.29, 0.717) is 10.0 Å². The highest BCUT2D eigenvalue weighted by Crippen LogP contribution is 2.25. The number of hydrogen-bond donors (Lipinski definition) is 0. The molecule has 130 valence electrons. The molecule has 0 saturated carbocycles. The molecule has 2 nitrogen and oxygen atoms in total. The minimum absolute atomic E-state index is 0.618. The van der Waals surface area contributed by atoms with Crippen molar-refractivity contribution >= 4 is 23.2 Å². The maximum atomic E-state index is 6.20. The summed E-state index contributed by atoms with van der Waals surface area (Å²) in [4.78, 5) is 0. The summed E-state index contributed by atoms with van der Waals surface area (Å²) in [6.07, 6.45) is 18.2. The highest BCUT2D eigenvalue weighted by atomic mass is 35.5.